The van der Waals surface area contributed by atoms with Gasteiger partial charge in [0.2, 0.25) is 11.8 Å². The fourth-order valence-electron chi connectivity index (χ4n) is 6.10. The summed E-state index contributed by atoms with van der Waals surface area (Å²) < 4.78 is 15.9. The first-order valence-electron chi connectivity index (χ1n) is 14.8. The van der Waals surface area contributed by atoms with Crippen LogP contribution in [0, 0.1) is 11.2 Å². The van der Waals surface area contributed by atoms with Crippen LogP contribution in [0.4, 0.5) is 4.39 Å². The molecule has 0 spiro atoms. The van der Waals surface area contributed by atoms with Crippen molar-refractivity contribution in [3.63, 3.8) is 0 Å². The third-order valence-corrected chi connectivity index (χ3v) is 8.42. The highest BCUT2D eigenvalue weighted by atomic mass is 19.1. The van der Waals surface area contributed by atoms with E-state index in [1.54, 1.807) is 22.9 Å². The molecule has 0 aliphatic carbocycles. The van der Waals surface area contributed by atoms with Gasteiger partial charge >= 0.3 is 0 Å². The van der Waals surface area contributed by atoms with Crippen LogP contribution in [0.2, 0.25) is 0 Å². The van der Waals surface area contributed by atoms with E-state index in [9.17, 15) is 19.1 Å². The van der Waals surface area contributed by atoms with Crippen molar-refractivity contribution in [2.75, 3.05) is 19.6 Å². The molecule has 3 heterocycles. The number of aliphatic hydroxyl groups excluding tert-OH is 1. The quantitative estimate of drug-likeness (QED) is 0.392. The van der Waals surface area contributed by atoms with Gasteiger partial charge in [0.05, 0.1) is 17.8 Å². The van der Waals surface area contributed by atoms with E-state index < -0.39 is 23.6 Å². The van der Waals surface area contributed by atoms with Gasteiger partial charge in [-0.05, 0) is 55.5 Å². The minimum Gasteiger partial charge on any atom is -0.391 e. The van der Waals surface area contributed by atoms with E-state index in [1.165, 1.54) is 11.0 Å². The Morgan fingerprint density at radius 2 is 1.79 bits per heavy atom. The zero-order valence-electron chi connectivity index (χ0n) is 24.8. The molecule has 2 aromatic carbocycles. The van der Waals surface area contributed by atoms with E-state index in [0.717, 1.165) is 42.8 Å². The Morgan fingerprint density at radius 1 is 1.10 bits per heavy atom. The van der Waals surface area contributed by atoms with E-state index in [-0.39, 0.29) is 36.6 Å². The van der Waals surface area contributed by atoms with Gasteiger partial charge in [-0.1, -0.05) is 68.4 Å². The largest absolute Gasteiger partial charge is 0.391 e. The van der Waals surface area contributed by atoms with Crippen molar-refractivity contribution >= 4 is 11.8 Å². The number of benzene rings is 2. The van der Waals surface area contributed by atoms with Gasteiger partial charge in [-0.25, -0.2) is 9.07 Å². The smallest absolute Gasteiger partial charge is 0.248 e. The van der Waals surface area contributed by atoms with Crippen molar-refractivity contribution in [3.05, 3.63) is 71.8 Å². The number of aromatic nitrogens is 3. The molecule has 2 aliphatic heterocycles. The molecule has 9 nitrogen and oxygen atoms in total. The van der Waals surface area contributed by atoms with Gasteiger partial charge in [0.1, 0.15) is 17.9 Å². The van der Waals surface area contributed by atoms with Gasteiger partial charge in [-0.3, -0.25) is 9.59 Å². The highest BCUT2D eigenvalue weighted by Gasteiger charge is 2.45. The van der Waals surface area contributed by atoms with Gasteiger partial charge in [0.15, 0.2) is 0 Å². The number of hydrogen-bond donors (Lipinski definition) is 3. The molecule has 3 aromatic rings. The van der Waals surface area contributed by atoms with Gasteiger partial charge in [0.25, 0.3) is 0 Å². The number of carbonyl (C=O) groups is 2. The number of amides is 2. The lowest BCUT2D eigenvalue weighted by atomic mass is 9.85. The SMILES string of the molecule is C[C@H](NC(=O)[C@@H]1C[C@@H](O)CN1C(=O)[C@@H](n1cc(C2CCNCC2)nn1)C(C)(C)C)c1ccc(-c2ccccc2F)cc1. The fourth-order valence-corrected chi connectivity index (χ4v) is 6.10. The molecular weight excluding hydrogens is 535 g/mol. The molecule has 2 amide bonds. The summed E-state index contributed by atoms with van der Waals surface area (Å²) in [6, 6.07) is 12.1. The molecular formula is C32H41FN6O3. The van der Waals surface area contributed by atoms with Crippen molar-refractivity contribution in [3.8, 4) is 11.1 Å². The highest BCUT2D eigenvalue weighted by molar-refractivity contribution is 5.90. The molecule has 0 saturated carbocycles. The first kappa shape index (κ1) is 29.8. The Labute approximate surface area is 246 Å². The average Bonchev–Trinajstić information content (AvgIpc) is 3.60. The molecule has 2 aliphatic rings. The Hall–Kier alpha value is -3.63. The molecule has 224 valence electrons. The molecule has 2 fully saturated rings. The summed E-state index contributed by atoms with van der Waals surface area (Å²) in [7, 11) is 0. The third kappa shape index (κ3) is 6.39. The van der Waals surface area contributed by atoms with Gasteiger partial charge < -0.3 is 20.6 Å². The minimum absolute atomic E-state index is 0.0745. The molecule has 10 heteroatoms. The van der Waals surface area contributed by atoms with Crippen molar-refractivity contribution in [1.29, 1.82) is 0 Å². The molecule has 0 radical (unpaired) electrons. The number of hydrogen-bond acceptors (Lipinski definition) is 6. The Bertz CT molecular complexity index is 1400. The maximum atomic E-state index is 14.2. The lowest BCUT2D eigenvalue weighted by Gasteiger charge is -2.35. The van der Waals surface area contributed by atoms with Crippen LogP contribution in [0.1, 0.15) is 76.2 Å². The van der Waals surface area contributed by atoms with E-state index in [2.05, 4.69) is 20.9 Å². The number of carbonyl (C=O) groups excluding carboxylic acids is 2. The zero-order valence-corrected chi connectivity index (χ0v) is 24.8. The maximum absolute atomic E-state index is 14.2. The van der Waals surface area contributed by atoms with Gasteiger partial charge in [-0.2, -0.15) is 0 Å². The number of piperidine rings is 1. The monoisotopic (exact) mass is 576 g/mol. The summed E-state index contributed by atoms with van der Waals surface area (Å²) >= 11 is 0. The van der Waals surface area contributed by atoms with Crippen LogP contribution in [0.5, 0.6) is 0 Å². The second-order valence-electron chi connectivity index (χ2n) is 12.6. The lowest BCUT2D eigenvalue weighted by molar-refractivity contribution is -0.144. The Morgan fingerprint density at radius 3 is 2.45 bits per heavy atom. The number of nitrogens with zero attached hydrogens (tertiary/aromatic N) is 4. The standard InChI is InChI=1S/C32H41FN6O3/c1-20(21-9-11-22(12-10-21)25-7-5-6-8-26(25)33)35-30(41)28-17-24(40)18-38(28)31(42)29(32(2,3)4)39-19-27(36-37-39)23-13-15-34-16-14-23/h5-12,19-20,23-24,28-29,34,40H,13-18H2,1-4H3,(H,35,41)/t20-,24+,28-,29+/m0/s1. The van der Waals surface area contributed by atoms with Crippen molar-refractivity contribution in [1.82, 2.24) is 30.5 Å². The number of β-amino-alcohol motifs (C(OH)–C–C–N with tert-alkyl or cyclic N) is 1. The lowest BCUT2D eigenvalue weighted by Crippen LogP contribution is -2.50. The number of aliphatic hydroxyl groups is 1. The minimum atomic E-state index is -0.815. The maximum Gasteiger partial charge on any atom is 0.248 e. The van der Waals surface area contributed by atoms with E-state index in [4.69, 9.17) is 0 Å². The average molecular weight is 577 g/mol. The normalized spacial score (nSPS) is 21.2. The van der Waals surface area contributed by atoms with Crippen molar-refractivity contribution < 1.29 is 19.1 Å². The second-order valence-corrected chi connectivity index (χ2v) is 12.6. The van der Waals surface area contributed by atoms with Crippen LogP contribution >= 0.6 is 0 Å². The second kappa shape index (κ2) is 12.3. The predicted octanol–water partition coefficient (Wildman–Crippen LogP) is 3.98. The van der Waals surface area contributed by atoms with Crippen molar-refractivity contribution in [2.45, 2.75) is 77.1 Å². The summed E-state index contributed by atoms with van der Waals surface area (Å²) in [5.74, 6) is -0.585. The Kier molecular flexibility index (Phi) is 8.75. The Balaban J connectivity index is 1.31. The topological polar surface area (TPSA) is 112 Å². The predicted molar refractivity (Wildman–Crippen MR) is 158 cm³/mol. The summed E-state index contributed by atoms with van der Waals surface area (Å²) in [5, 5.41) is 25.7. The molecule has 2 saturated heterocycles. The van der Waals surface area contributed by atoms with Gasteiger partial charge in [0, 0.05) is 30.6 Å². The summed E-state index contributed by atoms with van der Waals surface area (Å²) in [5.41, 5.74) is 2.47. The highest BCUT2D eigenvalue weighted by Crippen LogP contribution is 2.35. The summed E-state index contributed by atoms with van der Waals surface area (Å²) in [6.07, 6.45) is 3.17. The van der Waals surface area contributed by atoms with Crippen LogP contribution in [-0.4, -0.2) is 68.6 Å². The summed E-state index contributed by atoms with van der Waals surface area (Å²) in [6.45, 7) is 9.70. The fraction of sp³-hybridized carbons (Fsp3) is 0.500. The molecule has 4 atom stereocenters. The molecule has 1 aromatic heterocycles. The number of likely N-dealkylation sites (tertiary alicyclic amines) is 1. The summed E-state index contributed by atoms with van der Waals surface area (Å²) in [4.78, 5) is 29.1. The molecule has 42 heavy (non-hydrogen) atoms. The van der Waals surface area contributed by atoms with Crippen molar-refractivity contribution in [2.24, 2.45) is 5.41 Å². The molecule has 3 N–H and O–H groups in total. The van der Waals surface area contributed by atoms with E-state index in [0.29, 0.717) is 11.5 Å². The van der Waals surface area contributed by atoms with Crippen LogP contribution in [0.25, 0.3) is 11.1 Å². The number of halogens is 1. The number of rotatable bonds is 7. The first-order valence-corrected chi connectivity index (χ1v) is 14.8. The van der Waals surface area contributed by atoms with Crippen LogP contribution < -0.4 is 10.6 Å². The van der Waals surface area contributed by atoms with Crippen LogP contribution in [0.15, 0.2) is 54.7 Å². The van der Waals surface area contributed by atoms with Crippen LogP contribution in [0.3, 0.4) is 0 Å². The van der Waals surface area contributed by atoms with Gasteiger partial charge in [-0.15, -0.1) is 5.10 Å². The molecule has 0 bridgehead atoms. The molecule has 0 unspecified atom stereocenters. The molecule has 5 rings (SSSR count). The van der Waals surface area contributed by atoms with E-state index >= 15 is 0 Å². The third-order valence-electron chi connectivity index (χ3n) is 8.42. The van der Waals surface area contributed by atoms with E-state index in [1.807, 2.05) is 58.2 Å². The zero-order chi connectivity index (χ0) is 30.0. The number of nitrogens with one attached hydrogen (secondary N) is 2. The van der Waals surface area contributed by atoms with Crippen LogP contribution in [-0.2, 0) is 9.59 Å². The first-order chi connectivity index (χ1) is 20.0.